The summed E-state index contributed by atoms with van der Waals surface area (Å²) in [6.07, 6.45) is 3.48. The van der Waals surface area contributed by atoms with Gasteiger partial charge in [-0.3, -0.25) is 0 Å². The molecule has 3 nitrogen and oxygen atoms in total. The Bertz CT molecular complexity index is 417. The predicted molar refractivity (Wildman–Crippen MR) is 95.3 cm³/mol. The van der Waals surface area contributed by atoms with Crippen molar-refractivity contribution in [3.05, 3.63) is 60.6 Å². The summed E-state index contributed by atoms with van der Waals surface area (Å²) in [4.78, 5) is 0. The van der Waals surface area contributed by atoms with Crippen LogP contribution in [-0.4, -0.2) is 18.8 Å². The van der Waals surface area contributed by atoms with Gasteiger partial charge in [-0.25, -0.2) is 0 Å². The summed E-state index contributed by atoms with van der Waals surface area (Å²) in [5, 5.41) is 9.84. The molecule has 0 aliphatic rings. The van der Waals surface area contributed by atoms with Crippen LogP contribution in [0.2, 0.25) is 0 Å². The fourth-order valence-corrected chi connectivity index (χ4v) is 1.97. The van der Waals surface area contributed by atoms with Crippen LogP contribution < -0.4 is 16.0 Å². The molecular weight excluding hydrogens is 278 g/mol. The largest absolute Gasteiger partial charge is 0.388 e. The molecule has 0 aliphatic heterocycles. The molecule has 0 aromatic heterocycles. The van der Waals surface area contributed by atoms with E-state index < -0.39 is 0 Å². The van der Waals surface area contributed by atoms with Crippen molar-refractivity contribution in [2.24, 2.45) is 0 Å². The van der Waals surface area contributed by atoms with Crippen molar-refractivity contribution in [3.63, 3.8) is 0 Å². The molecule has 0 heterocycles. The molecule has 0 spiro atoms. The van der Waals surface area contributed by atoms with E-state index in [1.54, 1.807) is 0 Å². The number of benzene rings is 1. The third-order valence-corrected chi connectivity index (χ3v) is 3.49. The maximum absolute atomic E-state index is 4.15. The molecule has 1 aromatic carbocycles. The Hall–Kier alpha value is -1.55. The molecule has 3 N–H and O–H groups in total. The van der Waals surface area contributed by atoms with Crippen LogP contribution in [0.1, 0.15) is 24.8 Å². The number of nitrogens with one attached hydrogen (secondary N) is 3. The molecule has 0 aliphatic carbocycles. The van der Waals surface area contributed by atoms with Gasteiger partial charge in [-0.1, -0.05) is 43.5 Å². The Balaban J connectivity index is 1.95. The van der Waals surface area contributed by atoms with Gasteiger partial charge in [-0.05, 0) is 24.8 Å². The zero-order valence-corrected chi connectivity index (χ0v) is 13.6. The standard InChI is InChI=1S/C17H27N3S/c1-15(14-21)18-11-7-4-8-12-19-16(2)20-13-17-9-5-3-6-10-17/h3,5-6,9-10,18-21H,1-2,4,7-8,11-14H2. The van der Waals surface area contributed by atoms with Crippen molar-refractivity contribution >= 4 is 12.6 Å². The van der Waals surface area contributed by atoms with Crippen LogP contribution in [0.3, 0.4) is 0 Å². The Labute approximate surface area is 134 Å². The quantitative estimate of drug-likeness (QED) is 0.354. The molecule has 116 valence electrons. The number of hydrogen-bond donors (Lipinski definition) is 4. The van der Waals surface area contributed by atoms with E-state index in [0.717, 1.165) is 44.0 Å². The summed E-state index contributed by atoms with van der Waals surface area (Å²) in [5.74, 6) is 1.59. The number of unbranched alkanes of at least 4 members (excludes halogenated alkanes) is 2. The zero-order valence-electron chi connectivity index (χ0n) is 12.7. The highest BCUT2D eigenvalue weighted by molar-refractivity contribution is 7.80. The molecule has 0 unspecified atom stereocenters. The smallest absolute Gasteiger partial charge is 0.0915 e. The van der Waals surface area contributed by atoms with Crippen molar-refractivity contribution in [3.8, 4) is 0 Å². The van der Waals surface area contributed by atoms with Gasteiger partial charge in [0.25, 0.3) is 0 Å². The molecule has 21 heavy (non-hydrogen) atoms. The number of thiol groups is 1. The Morgan fingerprint density at radius 1 is 0.905 bits per heavy atom. The minimum absolute atomic E-state index is 0.703. The Morgan fingerprint density at radius 2 is 1.57 bits per heavy atom. The summed E-state index contributed by atoms with van der Waals surface area (Å²) in [6.45, 7) is 10.6. The lowest BCUT2D eigenvalue weighted by Crippen LogP contribution is -2.26. The van der Waals surface area contributed by atoms with E-state index in [1.807, 2.05) is 18.2 Å². The molecule has 0 saturated heterocycles. The summed E-state index contributed by atoms with van der Waals surface area (Å²) < 4.78 is 0. The number of hydrogen-bond acceptors (Lipinski definition) is 4. The highest BCUT2D eigenvalue weighted by atomic mass is 32.1. The van der Waals surface area contributed by atoms with E-state index in [1.165, 1.54) is 12.0 Å². The lowest BCUT2D eigenvalue weighted by atomic mass is 10.2. The third kappa shape index (κ3) is 9.08. The minimum Gasteiger partial charge on any atom is -0.388 e. The van der Waals surface area contributed by atoms with Crippen molar-refractivity contribution < 1.29 is 0 Å². The first kappa shape index (κ1) is 17.5. The zero-order chi connectivity index (χ0) is 15.3. The average molecular weight is 305 g/mol. The van der Waals surface area contributed by atoms with E-state index in [-0.39, 0.29) is 0 Å². The first-order chi connectivity index (χ1) is 10.2. The van der Waals surface area contributed by atoms with Crippen LogP contribution in [0.5, 0.6) is 0 Å². The minimum atomic E-state index is 0.703. The fourth-order valence-electron chi connectivity index (χ4n) is 1.85. The van der Waals surface area contributed by atoms with Gasteiger partial charge in [0, 0.05) is 31.1 Å². The van der Waals surface area contributed by atoms with Gasteiger partial charge >= 0.3 is 0 Å². The van der Waals surface area contributed by atoms with Gasteiger partial charge in [0.1, 0.15) is 0 Å². The summed E-state index contributed by atoms with van der Waals surface area (Å²) >= 11 is 4.15. The predicted octanol–water partition coefficient (Wildman–Crippen LogP) is 3.04. The highest BCUT2D eigenvalue weighted by Crippen LogP contribution is 1.99. The van der Waals surface area contributed by atoms with Crippen molar-refractivity contribution in [2.45, 2.75) is 25.8 Å². The molecule has 0 bridgehead atoms. The topological polar surface area (TPSA) is 36.1 Å². The van der Waals surface area contributed by atoms with Crippen LogP contribution in [0.25, 0.3) is 0 Å². The molecule has 0 amide bonds. The average Bonchev–Trinajstić information content (AvgIpc) is 2.52. The summed E-state index contributed by atoms with van der Waals surface area (Å²) in [6, 6.07) is 10.3. The van der Waals surface area contributed by atoms with Crippen LogP contribution in [-0.2, 0) is 6.54 Å². The van der Waals surface area contributed by atoms with Crippen molar-refractivity contribution in [2.75, 3.05) is 18.8 Å². The third-order valence-electron chi connectivity index (χ3n) is 3.11. The molecule has 0 atom stereocenters. The van der Waals surface area contributed by atoms with Crippen LogP contribution in [0.15, 0.2) is 55.0 Å². The molecule has 4 heteroatoms. The normalized spacial score (nSPS) is 9.95. The van der Waals surface area contributed by atoms with Gasteiger partial charge in [-0.15, -0.1) is 0 Å². The van der Waals surface area contributed by atoms with Crippen LogP contribution >= 0.6 is 12.6 Å². The monoisotopic (exact) mass is 305 g/mol. The number of rotatable bonds is 12. The molecule has 1 aromatic rings. The van der Waals surface area contributed by atoms with Gasteiger partial charge in [0.15, 0.2) is 0 Å². The van der Waals surface area contributed by atoms with Gasteiger partial charge in [0.05, 0.1) is 5.82 Å². The molecule has 0 radical (unpaired) electrons. The summed E-state index contributed by atoms with van der Waals surface area (Å²) in [5.41, 5.74) is 2.26. The second kappa shape index (κ2) is 11.1. The van der Waals surface area contributed by atoms with E-state index in [4.69, 9.17) is 0 Å². The lowest BCUT2D eigenvalue weighted by Gasteiger charge is -2.12. The van der Waals surface area contributed by atoms with Crippen molar-refractivity contribution in [1.82, 2.24) is 16.0 Å². The Kier molecular flexibility index (Phi) is 9.29. The van der Waals surface area contributed by atoms with E-state index >= 15 is 0 Å². The van der Waals surface area contributed by atoms with E-state index in [0.29, 0.717) is 5.75 Å². The maximum Gasteiger partial charge on any atom is 0.0915 e. The second-order valence-electron chi connectivity index (χ2n) is 4.99. The molecule has 0 saturated carbocycles. The van der Waals surface area contributed by atoms with Gasteiger partial charge in [0.2, 0.25) is 0 Å². The molecular formula is C17H27N3S. The lowest BCUT2D eigenvalue weighted by molar-refractivity contribution is 0.602. The van der Waals surface area contributed by atoms with E-state index in [2.05, 4.69) is 53.9 Å². The van der Waals surface area contributed by atoms with Gasteiger partial charge in [-0.2, -0.15) is 12.6 Å². The molecule has 0 fully saturated rings. The van der Waals surface area contributed by atoms with Crippen LogP contribution in [0, 0.1) is 0 Å². The fraction of sp³-hybridized carbons (Fsp3) is 0.412. The molecule has 1 rings (SSSR count). The summed E-state index contributed by atoms with van der Waals surface area (Å²) in [7, 11) is 0. The Morgan fingerprint density at radius 3 is 2.24 bits per heavy atom. The second-order valence-corrected chi connectivity index (χ2v) is 5.31. The maximum atomic E-state index is 4.15. The van der Waals surface area contributed by atoms with Crippen molar-refractivity contribution in [1.29, 1.82) is 0 Å². The van der Waals surface area contributed by atoms with Crippen LogP contribution in [0.4, 0.5) is 0 Å². The van der Waals surface area contributed by atoms with E-state index in [9.17, 15) is 0 Å². The van der Waals surface area contributed by atoms with Gasteiger partial charge < -0.3 is 16.0 Å². The highest BCUT2D eigenvalue weighted by Gasteiger charge is 1.95. The first-order valence-electron chi connectivity index (χ1n) is 7.45. The SMILES string of the molecule is C=C(CS)NCCCCCNC(=C)NCc1ccccc1. The first-order valence-corrected chi connectivity index (χ1v) is 8.08.